The number of hydrogen-bond acceptors (Lipinski definition) is 3. The van der Waals surface area contributed by atoms with Gasteiger partial charge in [0.25, 0.3) is 0 Å². The minimum Gasteiger partial charge on any atom is -0.356 e. The van der Waals surface area contributed by atoms with Gasteiger partial charge >= 0.3 is 0 Å². The van der Waals surface area contributed by atoms with Crippen LogP contribution in [0.25, 0.3) is 10.2 Å². The lowest BCUT2D eigenvalue weighted by Gasteiger charge is -2.22. The van der Waals surface area contributed by atoms with Crippen LogP contribution in [0.2, 0.25) is 0 Å². The fourth-order valence-corrected chi connectivity index (χ4v) is 3.50. The van der Waals surface area contributed by atoms with E-state index in [1.54, 1.807) is 11.3 Å². The van der Waals surface area contributed by atoms with Crippen LogP contribution < -0.4 is 0 Å². The summed E-state index contributed by atoms with van der Waals surface area (Å²) in [5.74, 6) is 0. The third-order valence-electron chi connectivity index (χ3n) is 2.67. The van der Waals surface area contributed by atoms with Gasteiger partial charge in [-0.15, -0.1) is 11.3 Å². The highest BCUT2D eigenvalue weighted by Gasteiger charge is 2.19. The molecule has 2 aromatic heterocycles. The van der Waals surface area contributed by atoms with E-state index in [0.717, 1.165) is 16.8 Å². The molecule has 0 spiro atoms. The summed E-state index contributed by atoms with van der Waals surface area (Å²) < 4.78 is 8.90. The lowest BCUT2D eigenvalue weighted by Crippen LogP contribution is -2.18. The van der Waals surface area contributed by atoms with Crippen molar-refractivity contribution in [2.24, 2.45) is 0 Å². The summed E-state index contributed by atoms with van der Waals surface area (Å²) in [7, 11) is 0. The van der Waals surface area contributed by atoms with Crippen molar-refractivity contribution in [3.63, 3.8) is 0 Å². The summed E-state index contributed by atoms with van der Waals surface area (Å²) in [6.45, 7) is 0.860. The zero-order valence-electron chi connectivity index (χ0n) is 8.15. The smallest absolute Gasteiger partial charge is 0.151 e. The number of rotatable bonds is 1. The van der Waals surface area contributed by atoms with E-state index in [0.29, 0.717) is 0 Å². The summed E-state index contributed by atoms with van der Waals surface area (Å²) in [6.07, 6.45) is 5.54. The second-order valence-corrected chi connectivity index (χ2v) is 6.13. The number of ether oxygens (including phenoxy) is 1. The van der Waals surface area contributed by atoms with E-state index in [-0.39, 0.29) is 6.23 Å². The molecule has 1 atom stereocenters. The third-order valence-corrected chi connectivity index (χ3v) is 4.31. The molecule has 1 aliphatic rings. The normalized spacial score (nSPS) is 22.3. The van der Waals surface area contributed by atoms with Crippen LogP contribution >= 0.6 is 27.3 Å². The van der Waals surface area contributed by atoms with Crippen molar-refractivity contribution in [2.75, 3.05) is 6.61 Å². The number of hydrogen-bond donors (Lipinski definition) is 0. The van der Waals surface area contributed by atoms with Crippen LogP contribution in [0.4, 0.5) is 0 Å². The predicted molar refractivity (Wildman–Crippen MR) is 64.2 cm³/mol. The van der Waals surface area contributed by atoms with Gasteiger partial charge < -0.3 is 4.74 Å². The fraction of sp³-hybridized carbons (Fsp3) is 0.500. The molecule has 3 heterocycles. The van der Waals surface area contributed by atoms with Gasteiger partial charge in [0.15, 0.2) is 6.23 Å². The Balaban J connectivity index is 2.01. The van der Waals surface area contributed by atoms with Gasteiger partial charge in [0.1, 0.15) is 4.83 Å². The Morgan fingerprint density at radius 1 is 1.53 bits per heavy atom. The zero-order valence-corrected chi connectivity index (χ0v) is 10.6. The predicted octanol–water partition coefficient (Wildman–Crippen LogP) is 3.56. The van der Waals surface area contributed by atoms with E-state index in [1.807, 2.05) is 10.9 Å². The Bertz CT molecular complexity index is 473. The first-order valence-electron chi connectivity index (χ1n) is 5.09. The molecule has 80 valence electrons. The van der Waals surface area contributed by atoms with E-state index in [2.05, 4.69) is 27.1 Å². The summed E-state index contributed by atoms with van der Waals surface area (Å²) in [5.41, 5.74) is 0. The first-order chi connectivity index (χ1) is 7.34. The van der Waals surface area contributed by atoms with Gasteiger partial charge in [-0.05, 0) is 41.3 Å². The first kappa shape index (κ1) is 9.81. The average molecular weight is 287 g/mol. The van der Waals surface area contributed by atoms with Crippen molar-refractivity contribution < 1.29 is 4.74 Å². The van der Waals surface area contributed by atoms with Crippen LogP contribution in [0.15, 0.2) is 16.0 Å². The lowest BCUT2D eigenvalue weighted by atomic mass is 10.2. The van der Waals surface area contributed by atoms with Crippen molar-refractivity contribution in [3.8, 4) is 0 Å². The molecule has 0 bridgehead atoms. The monoisotopic (exact) mass is 286 g/mol. The Morgan fingerprint density at radius 2 is 2.47 bits per heavy atom. The Labute approximate surface area is 100 Å². The number of thiophene rings is 1. The molecule has 0 saturated carbocycles. The largest absolute Gasteiger partial charge is 0.356 e. The molecule has 1 aliphatic heterocycles. The van der Waals surface area contributed by atoms with E-state index < -0.39 is 0 Å². The molecule has 0 N–H and O–H groups in total. The van der Waals surface area contributed by atoms with Crippen LogP contribution in [-0.2, 0) is 4.74 Å². The molecule has 0 amide bonds. The molecule has 1 fully saturated rings. The third kappa shape index (κ3) is 1.73. The Morgan fingerprint density at radius 3 is 3.27 bits per heavy atom. The average Bonchev–Trinajstić information content (AvgIpc) is 2.77. The van der Waals surface area contributed by atoms with E-state index >= 15 is 0 Å². The zero-order chi connectivity index (χ0) is 10.3. The number of fused-ring (bicyclic) bond motifs is 1. The number of aromatic nitrogens is 2. The van der Waals surface area contributed by atoms with Crippen molar-refractivity contribution >= 4 is 37.5 Å². The van der Waals surface area contributed by atoms with Gasteiger partial charge in [-0.1, -0.05) is 0 Å². The molecule has 5 heteroatoms. The molecule has 3 rings (SSSR count). The molecule has 0 aliphatic carbocycles. The number of nitrogens with zero attached hydrogens (tertiary/aromatic N) is 2. The maximum Gasteiger partial charge on any atom is 0.151 e. The molecule has 2 aromatic rings. The van der Waals surface area contributed by atoms with Crippen LogP contribution in [0.5, 0.6) is 0 Å². The fourth-order valence-electron chi connectivity index (χ4n) is 1.93. The van der Waals surface area contributed by atoms with E-state index in [1.165, 1.54) is 23.1 Å². The van der Waals surface area contributed by atoms with Gasteiger partial charge in [-0.2, -0.15) is 5.10 Å². The van der Waals surface area contributed by atoms with E-state index in [4.69, 9.17) is 4.74 Å². The Hall–Kier alpha value is -0.390. The highest BCUT2D eigenvalue weighted by atomic mass is 79.9. The summed E-state index contributed by atoms with van der Waals surface area (Å²) in [6, 6.07) is 2.10. The molecule has 1 unspecified atom stereocenters. The van der Waals surface area contributed by atoms with E-state index in [9.17, 15) is 0 Å². The molecule has 15 heavy (non-hydrogen) atoms. The van der Waals surface area contributed by atoms with Crippen LogP contribution in [-0.4, -0.2) is 16.4 Å². The second kappa shape index (κ2) is 3.88. The van der Waals surface area contributed by atoms with Gasteiger partial charge in [0.2, 0.25) is 0 Å². The SMILES string of the molecule is Brc1cc2cnn(C3CCCCO3)c2s1. The minimum atomic E-state index is 0.141. The van der Waals surface area contributed by atoms with Crippen molar-refractivity contribution in [1.29, 1.82) is 0 Å². The summed E-state index contributed by atoms with van der Waals surface area (Å²) >= 11 is 5.21. The summed E-state index contributed by atoms with van der Waals surface area (Å²) in [5, 5.41) is 5.60. The maximum absolute atomic E-state index is 5.73. The lowest BCUT2D eigenvalue weighted by molar-refractivity contribution is -0.0363. The van der Waals surface area contributed by atoms with Crippen LogP contribution in [0.3, 0.4) is 0 Å². The Kier molecular flexibility index (Phi) is 2.54. The standard InChI is InChI=1S/C10H11BrN2OS/c11-8-5-7-6-12-13(10(7)15-8)9-3-1-2-4-14-9/h5-6,9H,1-4H2. The molecule has 0 radical (unpaired) electrons. The van der Waals surface area contributed by atoms with Crippen LogP contribution in [0, 0.1) is 0 Å². The first-order valence-corrected chi connectivity index (χ1v) is 6.70. The van der Waals surface area contributed by atoms with Crippen molar-refractivity contribution in [1.82, 2.24) is 9.78 Å². The van der Waals surface area contributed by atoms with Gasteiger partial charge in [0.05, 0.1) is 9.98 Å². The topological polar surface area (TPSA) is 27.1 Å². The quantitative estimate of drug-likeness (QED) is 0.802. The molecule has 0 aromatic carbocycles. The highest BCUT2D eigenvalue weighted by Crippen LogP contribution is 2.33. The maximum atomic E-state index is 5.73. The van der Waals surface area contributed by atoms with Gasteiger partial charge in [-0.25, -0.2) is 4.68 Å². The molecule has 3 nitrogen and oxygen atoms in total. The molecule has 1 saturated heterocycles. The number of halogens is 1. The van der Waals surface area contributed by atoms with Crippen molar-refractivity contribution in [2.45, 2.75) is 25.5 Å². The van der Waals surface area contributed by atoms with Crippen molar-refractivity contribution in [3.05, 3.63) is 16.0 Å². The van der Waals surface area contributed by atoms with Crippen LogP contribution in [0.1, 0.15) is 25.5 Å². The molecular weight excluding hydrogens is 276 g/mol. The molecular formula is C10H11BrN2OS. The van der Waals surface area contributed by atoms with Gasteiger partial charge in [-0.3, -0.25) is 0 Å². The second-order valence-electron chi connectivity index (χ2n) is 3.72. The van der Waals surface area contributed by atoms with Gasteiger partial charge in [0, 0.05) is 12.0 Å². The highest BCUT2D eigenvalue weighted by molar-refractivity contribution is 9.11. The summed E-state index contributed by atoms with van der Waals surface area (Å²) in [4.78, 5) is 1.20. The minimum absolute atomic E-state index is 0.141.